The smallest absolute Gasteiger partial charge is 0.257 e. The van der Waals surface area contributed by atoms with E-state index in [1.807, 2.05) is 25.1 Å². The van der Waals surface area contributed by atoms with Gasteiger partial charge in [-0.05, 0) is 18.6 Å². The highest BCUT2D eigenvalue weighted by Gasteiger charge is 2.11. The van der Waals surface area contributed by atoms with Gasteiger partial charge in [0.15, 0.2) is 0 Å². The molecule has 94 valence electrons. The third-order valence-electron chi connectivity index (χ3n) is 2.34. The van der Waals surface area contributed by atoms with Crippen LogP contribution in [0.2, 0.25) is 0 Å². The Hall–Kier alpha value is -1.79. The molecular formula is C12H13N3O2S. The van der Waals surface area contributed by atoms with Gasteiger partial charge in [0, 0.05) is 12.7 Å². The van der Waals surface area contributed by atoms with Crippen molar-refractivity contribution in [3.8, 4) is 0 Å². The van der Waals surface area contributed by atoms with Crippen LogP contribution in [0, 0.1) is 6.92 Å². The Bertz CT molecular complexity index is 554. The summed E-state index contributed by atoms with van der Waals surface area (Å²) in [7, 11) is 1.59. The number of rotatable bonds is 4. The zero-order valence-corrected chi connectivity index (χ0v) is 11.0. The van der Waals surface area contributed by atoms with Crippen LogP contribution in [-0.4, -0.2) is 23.2 Å². The van der Waals surface area contributed by atoms with E-state index in [1.54, 1.807) is 13.2 Å². The lowest BCUT2D eigenvalue weighted by Crippen LogP contribution is -2.12. The molecule has 0 saturated heterocycles. The van der Waals surface area contributed by atoms with E-state index in [-0.39, 0.29) is 5.91 Å². The Balaban J connectivity index is 2.09. The highest BCUT2D eigenvalue weighted by molar-refractivity contribution is 7.15. The minimum Gasteiger partial charge on any atom is -0.377 e. The molecule has 0 aliphatic heterocycles. The van der Waals surface area contributed by atoms with E-state index < -0.39 is 0 Å². The molecule has 0 atom stereocenters. The van der Waals surface area contributed by atoms with Crippen molar-refractivity contribution in [2.24, 2.45) is 0 Å². The molecule has 1 aromatic carbocycles. The van der Waals surface area contributed by atoms with Crippen molar-refractivity contribution in [2.45, 2.75) is 13.5 Å². The van der Waals surface area contributed by atoms with Crippen molar-refractivity contribution in [3.05, 3.63) is 40.4 Å². The normalized spacial score (nSPS) is 10.3. The number of nitrogens with one attached hydrogen (secondary N) is 1. The molecule has 0 fully saturated rings. The Morgan fingerprint density at radius 3 is 2.89 bits per heavy atom. The summed E-state index contributed by atoms with van der Waals surface area (Å²) in [5.74, 6) is -0.173. The Morgan fingerprint density at radius 2 is 2.17 bits per heavy atom. The van der Waals surface area contributed by atoms with Gasteiger partial charge >= 0.3 is 0 Å². The molecule has 1 aromatic heterocycles. The number of methoxy groups -OCH3 is 1. The van der Waals surface area contributed by atoms with Crippen molar-refractivity contribution in [3.63, 3.8) is 0 Å². The summed E-state index contributed by atoms with van der Waals surface area (Å²) in [6.07, 6.45) is 0. The predicted octanol–water partition coefficient (Wildman–Crippen LogP) is 2.25. The number of ether oxygens (including phenoxy) is 1. The quantitative estimate of drug-likeness (QED) is 0.918. The molecule has 0 aliphatic rings. The van der Waals surface area contributed by atoms with Crippen LogP contribution in [0.5, 0.6) is 0 Å². The largest absolute Gasteiger partial charge is 0.377 e. The molecule has 1 heterocycles. The number of aryl methyl sites for hydroxylation is 1. The van der Waals surface area contributed by atoms with Crippen molar-refractivity contribution in [1.29, 1.82) is 0 Å². The summed E-state index contributed by atoms with van der Waals surface area (Å²) in [6, 6.07) is 7.40. The van der Waals surface area contributed by atoms with Crippen LogP contribution in [0.1, 0.15) is 20.9 Å². The first-order chi connectivity index (χ1) is 8.70. The molecule has 0 spiro atoms. The maximum Gasteiger partial charge on any atom is 0.257 e. The monoisotopic (exact) mass is 263 g/mol. The lowest BCUT2D eigenvalue weighted by atomic mass is 10.1. The van der Waals surface area contributed by atoms with Gasteiger partial charge in [-0.3, -0.25) is 10.1 Å². The second-order valence-electron chi connectivity index (χ2n) is 3.70. The van der Waals surface area contributed by atoms with Gasteiger partial charge in [0.2, 0.25) is 5.13 Å². The molecule has 2 rings (SSSR count). The van der Waals surface area contributed by atoms with Crippen molar-refractivity contribution < 1.29 is 9.53 Å². The van der Waals surface area contributed by atoms with Crippen LogP contribution < -0.4 is 5.32 Å². The average molecular weight is 263 g/mol. The van der Waals surface area contributed by atoms with E-state index in [1.165, 1.54) is 11.3 Å². The molecule has 0 radical (unpaired) electrons. The van der Waals surface area contributed by atoms with Crippen molar-refractivity contribution >= 4 is 22.4 Å². The molecule has 0 saturated carbocycles. The van der Waals surface area contributed by atoms with Gasteiger partial charge in [-0.15, -0.1) is 10.2 Å². The number of benzene rings is 1. The maximum absolute atomic E-state index is 12.0. The number of carbonyl (C=O) groups is 1. The van der Waals surface area contributed by atoms with Crippen molar-refractivity contribution in [1.82, 2.24) is 10.2 Å². The summed E-state index contributed by atoms with van der Waals surface area (Å²) in [5, 5.41) is 11.7. The fourth-order valence-electron chi connectivity index (χ4n) is 1.48. The molecule has 2 aromatic rings. The molecule has 18 heavy (non-hydrogen) atoms. The summed E-state index contributed by atoms with van der Waals surface area (Å²) in [5.41, 5.74) is 1.57. The highest BCUT2D eigenvalue weighted by atomic mass is 32.1. The van der Waals surface area contributed by atoms with Gasteiger partial charge < -0.3 is 4.74 Å². The van der Waals surface area contributed by atoms with Crippen molar-refractivity contribution in [2.75, 3.05) is 12.4 Å². The topological polar surface area (TPSA) is 64.1 Å². The van der Waals surface area contributed by atoms with Crippen LogP contribution in [0.25, 0.3) is 0 Å². The second kappa shape index (κ2) is 5.70. The second-order valence-corrected chi connectivity index (χ2v) is 4.77. The third-order valence-corrected chi connectivity index (χ3v) is 3.16. The van der Waals surface area contributed by atoms with Crippen LogP contribution in [-0.2, 0) is 11.3 Å². The van der Waals surface area contributed by atoms with Gasteiger partial charge in [0.05, 0.1) is 0 Å². The lowest BCUT2D eigenvalue weighted by molar-refractivity contribution is 0.102. The molecule has 5 nitrogen and oxygen atoms in total. The summed E-state index contributed by atoms with van der Waals surface area (Å²) in [4.78, 5) is 12.0. The number of nitrogens with zero attached hydrogens (tertiary/aromatic N) is 2. The zero-order valence-electron chi connectivity index (χ0n) is 10.1. The fourth-order valence-corrected chi connectivity index (χ4v) is 2.19. The van der Waals surface area contributed by atoms with Gasteiger partial charge in [-0.25, -0.2) is 0 Å². The number of hydrogen-bond acceptors (Lipinski definition) is 5. The van der Waals surface area contributed by atoms with Crippen LogP contribution >= 0.6 is 11.3 Å². The van der Waals surface area contributed by atoms with E-state index in [9.17, 15) is 4.79 Å². The van der Waals surface area contributed by atoms with E-state index in [2.05, 4.69) is 15.5 Å². The Kier molecular flexibility index (Phi) is 4.01. The van der Waals surface area contributed by atoms with Crippen LogP contribution in [0.4, 0.5) is 5.13 Å². The minimum atomic E-state index is -0.173. The fraction of sp³-hybridized carbons (Fsp3) is 0.250. The first kappa shape index (κ1) is 12.7. The molecular weight excluding hydrogens is 250 g/mol. The third kappa shape index (κ3) is 2.91. The van der Waals surface area contributed by atoms with E-state index in [0.29, 0.717) is 17.3 Å². The molecule has 6 heteroatoms. The van der Waals surface area contributed by atoms with E-state index in [4.69, 9.17) is 4.74 Å². The first-order valence-corrected chi connectivity index (χ1v) is 6.20. The Labute approximate surface area is 109 Å². The first-order valence-electron chi connectivity index (χ1n) is 5.39. The predicted molar refractivity (Wildman–Crippen MR) is 69.8 cm³/mol. The standard InChI is InChI=1S/C12H13N3O2S/c1-8-5-3-4-6-9(8)11(16)13-12-15-14-10(18-12)7-17-2/h3-6H,7H2,1-2H3,(H,13,15,16). The van der Waals surface area contributed by atoms with Crippen LogP contribution in [0.3, 0.4) is 0 Å². The average Bonchev–Trinajstić information content (AvgIpc) is 2.77. The minimum absolute atomic E-state index is 0.173. The number of anilines is 1. The van der Waals surface area contributed by atoms with Gasteiger partial charge in [-0.1, -0.05) is 29.5 Å². The summed E-state index contributed by atoms with van der Waals surface area (Å²) < 4.78 is 4.95. The number of hydrogen-bond donors (Lipinski definition) is 1. The van der Waals surface area contributed by atoms with Gasteiger partial charge in [0.1, 0.15) is 11.6 Å². The molecule has 0 unspecified atom stereocenters. The molecule has 0 aliphatic carbocycles. The molecule has 1 N–H and O–H groups in total. The zero-order chi connectivity index (χ0) is 13.0. The number of amides is 1. The highest BCUT2D eigenvalue weighted by Crippen LogP contribution is 2.17. The number of aromatic nitrogens is 2. The number of carbonyl (C=O) groups excluding carboxylic acids is 1. The van der Waals surface area contributed by atoms with Gasteiger partial charge in [0.25, 0.3) is 5.91 Å². The van der Waals surface area contributed by atoms with Crippen LogP contribution in [0.15, 0.2) is 24.3 Å². The lowest BCUT2D eigenvalue weighted by Gasteiger charge is -2.03. The SMILES string of the molecule is COCc1nnc(NC(=O)c2ccccc2C)s1. The van der Waals surface area contributed by atoms with E-state index >= 15 is 0 Å². The molecule has 0 bridgehead atoms. The van der Waals surface area contributed by atoms with Gasteiger partial charge in [-0.2, -0.15) is 0 Å². The molecule has 1 amide bonds. The maximum atomic E-state index is 12.0. The summed E-state index contributed by atoms with van der Waals surface area (Å²) >= 11 is 1.31. The van der Waals surface area contributed by atoms with E-state index in [0.717, 1.165) is 10.6 Å². The Morgan fingerprint density at radius 1 is 1.39 bits per heavy atom. The summed E-state index contributed by atoms with van der Waals surface area (Å²) in [6.45, 7) is 2.29.